The molecule has 38 heavy (non-hydrogen) atoms. The second kappa shape index (κ2) is 12.9. The first-order valence-electron chi connectivity index (χ1n) is 11.8. The van der Waals surface area contributed by atoms with Gasteiger partial charge in [-0.2, -0.15) is 0 Å². The van der Waals surface area contributed by atoms with Gasteiger partial charge >= 0.3 is 0 Å². The Kier molecular flexibility index (Phi) is 9.12. The van der Waals surface area contributed by atoms with Gasteiger partial charge in [0.25, 0.3) is 11.8 Å². The summed E-state index contributed by atoms with van der Waals surface area (Å²) >= 11 is 2.78. The van der Waals surface area contributed by atoms with E-state index in [2.05, 4.69) is 20.9 Å². The van der Waals surface area contributed by atoms with E-state index in [-0.39, 0.29) is 16.9 Å². The fourth-order valence-electron chi connectivity index (χ4n) is 3.39. The van der Waals surface area contributed by atoms with E-state index >= 15 is 0 Å². The molecule has 2 aromatic carbocycles. The highest BCUT2D eigenvalue weighted by Crippen LogP contribution is 2.29. The molecular formula is C28H26N4O4S2. The Bertz CT molecular complexity index is 1430. The summed E-state index contributed by atoms with van der Waals surface area (Å²) in [6, 6.07) is 19.2. The van der Waals surface area contributed by atoms with Crippen LogP contribution in [0.1, 0.15) is 35.2 Å². The Morgan fingerprint density at radius 3 is 2.55 bits per heavy atom. The molecule has 4 rings (SSSR count). The molecule has 0 radical (unpaired) electrons. The van der Waals surface area contributed by atoms with Gasteiger partial charge in [-0.1, -0.05) is 31.2 Å². The molecule has 194 valence electrons. The predicted molar refractivity (Wildman–Crippen MR) is 151 cm³/mol. The zero-order valence-corrected chi connectivity index (χ0v) is 22.4. The molecule has 0 saturated carbocycles. The number of carbonyl (C=O) groups excluding carboxylic acids is 3. The van der Waals surface area contributed by atoms with E-state index in [0.29, 0.717) is 28.6 Å². The lowest BCUT2D eigenvalue weighted by Gasteiger charge is -2.15. The van der Waals surface area contributed by atoms with Crippen molar-refractivity contribution in [1.29, 1.82) is 0 Å². The second-order valence-electron chi connectivity index (χ2n) is 8.17. The smallest absolute Gasteiger partial charge is 0.272 e. The summed E-state index contributed by atoms with van der Waals surface area (Å²) < 4.78 is 5.34. The lowest BCUT2D eigenvalue weighted by molar-refractivity contribution is -0.116. The van der Waals surface area contributed by atoms with Gasteiger partial charge in [-0.05, 0) is 55.8 Å². The first-order valence-corrected chi connectivity index (χ1v) is 13.6. The third-order valence-electron chi connectivity index (χ3n) is 5.24. The highest BCUT2D eigenvalue weighted by molar-refractivity contribution is 8.00. The minimum absolute atomic E-state index is 0.0245. The van der Waals surface area contributed by atoms with E-state index in [1.807, 2.05) is 25.3 Å². The van der Waals surface area contributed by atoms with Crippen molar-refractivity contribution in [2.45, 2.75) is 30.4 Å². The van der Waals surface area contributed by atoms with Gasteiger partial charge in [0.1, 0.15) is 11.5 Å². The number of carbonyl (C=O) groups is 3. The van der Waals surface area contributed by atoms with Crippen LogP contribution in [0.15, 0.2) is 93.4 Å². The minimum atomic E-state index is -0.517. The van der Waals surface area contributed by atoms with E-state index < -0.39 is 11.8 Å². The van der Waals surface area contributed by atoms with Crippen LogP contribution in [0.25, 0.3) is 6.08 Å². The number of anilines is 2. The van der Waals surface area contributed by atoms with E-state index in [4.69, 9.17) is 4.42 Å². The van der Waals surface area contributed by atoms with Crippen LogP contribution in [-0.4, -0.2) is 28.0 Å². The number of aromatic nitrogens is 1. The van der Waals surface area contributed by atoms with Crippen LogP contribution in [0.5, 0.6) is 0 Å². The van der Waals surface area contributed by atoms with Gasteiger partial charge in [-0.3, -0.25) is 14.4 Å². The van der Waals surface area contributed by atoms with Crippen LogP contribution in [0.3, 0.4) is 0 Å². The molecule has 2 aromatic heterocycles. The quantitative estimate of drug-likeness (QED) is 0.167. The van der Waals surface area contributed by atoms with E-state index in [1.165, 1.54) is 35.4 Å². The number of thiazole rings is 1. The maximum absolute atomic E-state index is 13.2. The van der Waals surface area contributed by atoms with Crippen LogP contribution >= 0.6 is 23.1 Å². The number of rotatable bonds is 10. The van der Waals surface area contributed by atoms with Gasteiger partial charge in [-0.15, -0.1) is 23.1 Å². The molecule has 0 saturated heterocycles. The van der Waals surface area contributed by atoms with Crippen LogP contribution in [0.4, 0.5) is 10.8 Å². The molecule has 1 unspecified atom stereocenters. The maximum atomic E-state index is 13.2. The molecule has 0 spiro atoms. The summed E-state index contributed by atoms with van der Waals surface area (Å²) in [6.45, 7) is 3.82. The average Bonchev–Trinajstić information content (AvgIpc) is 3.59. The molecule has 0 aliphatic carbocycles. The first-order chi connectivity index (χ1) is 18.4. The molecule has 0 aliphatic heterocycles. The maximum Gasteiger partial charge on any atom is 0.272 e. The van der Waals surface area contributed by atoms with Gasteiger partial charge in [0, 0.05) is 27.6 Å². The molecule has 0 aliphatic rings. The number of nitrogens with zero attached hydrogens (tertiary/aromatic N) is 1. The van der Waals surface area contributed by atoms with Gasteiger partial charge in [0.05, 0.1) is 17.2 Å². The van der Waals surface area contributed by atoms with Gasteiger partial charge in [0.2, 0.25) is 5.91 Å². The topological polar surface area (TPSA) is 113 Å². The van der Waals surface area contributed by atoms with Gasteiger partial charge < -0.3 is 20.4 Å². The molecular weight excluding hydrogens is 520 g/mol. The summed E-state index contributed by atoms with van der Waals surface area (Å²) in [5.74, 6) is -0.652. The average molecular weight is 547 g/mol. The summed E-state index contributed by atoms with van der Waals surface area (Å²) in [5, 5.41) is 10.5. The zero-order valence-electron chi connectivity index (χ0n) is 20.8. The van der Waals surface area contributed by atoms with Crippen molar-refractivity contribution in [3.05, 3.63) is 101 Å². The van der Waals surface area contributed by atoms with Crippen LogP contribution in [0, 0.1) is 6.92 Å². The Morgan fingerprint density at radius 2 is 1.87 bits per heavy atom. The molecule has 3 amide bonds. The number of thioether (sulfide) groups is 1. The summed E-state index contributed by atoms with van der Waals surface area (Å²) in [4.78, 5) is 43.8. The van der Waals surface area contributed by atoms with Crippen molar-refractivity contribution in [2.75, 3.05) is 10.6 Å². The third kappa shape index (κ3) is 7.44. The fourth-order valence-corrected chi connectivity index (χ4v) is 5.09. The minimum Gasteiger partial charge on any atom is -0.465 e. The molecule has 1 atom stereocenters. The molecule has 3 N–H and O–H groups in total. The molecule has 2 heterocycles. The van der Waals surface area contributed by atoms with Crippen molar-refractivity contribution in [3.8, 4) is 0 Å². The number of hydrogen-bond acceptors (Lipinski definition) is 7. The molecule has 4 aromatic rings. The predicted octanol–water partition coefficient (Wildman–Crippen LogP) is 5.96. The molecule has 0 bridgehead atoms. The van der Waals surface area contributed by atoms with Crippen molar-refractivity contribution < 1.29 is 18.8 Å². The van der Waals surface area contributed by atoms with Crippen LogP contribution in [0.2, 0.25) is 0 Å². The number of benzene rings is 2. The Balaban J connectivity index is 1.46. The highest BCUT2D eigenvalue weighted by atomic mass is 32.2. The fraction of sp³-hybridized carbons (Fsp3) is 0.143. The lowest BCUT2D eigenvalue weighted by atomic mass is 10.2. The van der Waals surface area contributed by atoms with Gasteiger partial charge in [-0.25, -0.2) is 4.98 Å². The zero-order chi connectivity index (χ0) is 26.9. The standard InChI is InChI=1S/C28H26N4O4S2/c1-3-24(27(35)32-28-29-18(2)17-37-28)38-22-13-7-11-20(15-22)30-26(34)23(16-21-12-8-14-36-21)31-25(33)19-9-5-4-6-10-19/h4-17,24H,3H2,1-2H3,(H,30,34)(H,31,33)(H,29,32,35)/b23-16-. The van der Waals surface area contributed by atoms with E-state index in [1.54, 1.807) is 60.7 Å². The normalized spacial score (nSPS) is 12.0. The molecule has 0 fully saturated rings. The van der Waals surface area contributed by atoms with Crippen LogP contribution < -0.4 is 16.0 Å². The monoisotopic (exact) mass is 546 g/mol. The number of aryl methyl sites for hydroxylation is 1. The SMILES string of the molecule is CCC(Sc1cccc(NC(=O)/C(=C/c2ccco2)NC(=O)c2ccccc2)c1)C(=O)Nc1nc(C)cs1. The summed E-state index contributed by atoms with van der Waals surface area (Å²) in [6.07, 6.45) is 3.56. The first kappa shape index (κ1) is 26.9. The van der Waals surface area contributed by atoms with Gasteiger partial charge in [0.15, 0.2) is 5.13 Å². The van der Waals surface area contributed by atoms with Crippen molar-refractivity contribution in [3.63, 3.8) is 0 Å². The Labute approximate surface area is 228 Å². The molecule has 10 heteroatoms. The van der Waals surface area contributed by atoms with Crippen LogP contribution in [-0.2, 0) is 9.59 Å². The number of furan rings is 1. The number of hydrogen-bond donors (Lipinski definition) is 3. The van der Waals surface area contributed by atoms with Crippen molar-refractivity contribution >= 4 is 57.7 Å². The summed E-state index contributed by atoms with van der Waals surface area (Å²) in [5.41, 5.74) is 1.82. The third-order valence-corrected chi connectivity index (χ3v) is 7.47. The number of nitrogens with one attached hydrogen (secondary N) is 3. The molecule has 8 nitrogen and oxygen atoms in total. The largest absolute Gasteiger partial charge is 0.465 e. The van der Waals surface area contributed by atoms with Crippen molar-refractivity contribution in [2.24, 2.45) is 0 Å². The van der Waals surface area contributed by atoms with E-state index in [0.717, 1.165) is 10.6 Å². The second-order valence-corrected chi connectivity index (χ2v) is 10.3. The number of amides is 3. The summed E-state index contributed by atoms with van der Waals surface area (Å²) in [7, 11) is 0. The lowest BCUT2D eigenvalue weighted by Crippen LogP contribution is -2.30. The Hall–Kier alpha value is -4.15. The van der Waals surface area contributed by atoms with E-state index in [9.17, 15) is 14.4 Å². The highest BCUT2D eigenvalue weighted by Gasteiger charge is 2.20. The van der Waals surface area contributed by atoms with Crippen molar-refractivity contribution in [1.82, 2.24) is 10.3 Å². The Morgan fingerprint density at radius 1 is 1.05 bits per heavy atom.